The Morgan fingerprint density at radius 1 is 1.18 bits per heavy atom. The van der Waals surface area contributed by atoms with Gasteiger partial charge in [-0.3, -0.25) is 4.79 Å². The van der Waals surface area contributed by atoms with Gasteiger partial charge in [-0.25, -0.2) is 4.79 Å². The van der Waals surface area contributed by atoms with Crippen LogP contribution in [0, 0.1) is 0 Å². The molecule has 0 heterocycles. The van der Waals surface area contributed by atoms with Crippen LogP contribution in [0.5, 0.6) is 0 Å². The fourth-order valence-corrected chi connectivity index (χ4v) is 2.50. The summed E-state index contributed by atoms with van der Waals surface area (Å²) >= 11 is 0. The molecular formula is C17H25NO4. The fraction of sp³-hybridized carbons (Fsp3) is 0.529. The number of nitrogens with one attached hydrogen (secondary N) is 1. The molecule has 0 unspecified atom stereocenters. The quantitative estimate of drug-likeness (QED) is 0.750. The van der Waals surface area contributed by atoms with Crippen LogP contribution >= 0.6 is 0 Å². The van der Waals surface area contributed by atoms with Crippen LogP contribution in [0.2, 0.25) is 0 Å². The summed E-state index contributed by atoms with van der Waals surface area (Å²) in [5.74, 6) is -0.796. The fourth-order valence-electron chi connectivity index (χ4n) is 2.50. The topological polar surface area (TPSA) is 64.6 Å². The summed E-state index contributed by atoms with van der Waals surface area (Å²) in [5, 5.41) is 2.77. The highest BCUT2D eigenvalue weighted by Crippen LogP contribution is 2.24. The molecule has 0 aliphatic heterocycles. The van der Waals surface area contributed by atoms with Crippen LogP contribution in [0.1, 0.15) is 44.7 Å². The SMILES string of the molecule is CCC[C@](CC)(OC)C(=O)N[C@@H](C(=O)OC)c1ccccc1. The molecule has 0 spiro atoms. The molecule has 0 aromatic heterocycles. The predicted molar refractivity (Wildman–Crippen MR) is 84.3 cm³/mol. The van der Waals surface area contributed by atoms with Crippen LogP contribution in [-0.2, 0) is 19.1 Å². The van der Waals surface area contributed by atoms with Gasteiger partial charge in [-0.05, 0) is 18.4 Å². The zero-order valence-corrected chi connectivity index (χ0v) is 13.7. The van der Waals surface area contributed by atoms with Crippen molar-refractivity contribution in [3.8, 4) is 0 Å². The average molecular weight is 307 g/mol. The lowest BCUT2D eigenvalue weighted by molar-refractivity contribution is -0.152. The highest BCUT2D eigenvalue weighted by atomic mass is 16.5. The van der Waals surface area contributed by atoms with Crippen molar-refractivity contribution in [1.29, 1.82) is 0 Å². The zero-order valence-electron chi connectivity index (χ0n) is 13.7. The van der Waals surface area contributed by atoms with Crippen molar-refractivity contribution in [2.45, 2.75) is 44.8 Å². The van der Waals surface area contributed by atoms with Crippen molar-refractivity contribution in [2.75, 3.05) is 14.2 Å². The normalized spacial score (nSPS) is 14.7. The molecule has 1 rings (SSSR count). The van der Waals surface area contributed by atoms with Crippen LogP contribution in [-0.4, -0.2) is 31.7 Å². The second kappa shape index (κ2) is 8.54. The van der Waals surface area contributed by atoms with Gasteiger partial charge in [-0.15, -0.1) is 0 Å². The predicted octanol–water partition coefficient (Wildman–Crippen LogP) is 2.61. The van der Waals surface area contributed by atoms with E-state index in [0.717, 1.165) is 6.42 Å². The van der Waals surface area contributed by atoms with Gasteiger partial charge in [0.15, 0.2) is 6.04 Å². The van der Waals surface area contributed by atoms with E-state index in [4.69, 9.17) is 9.47 Å². The van der Waals surface area contributed by atoms with Gasteiger partial charge in [0.1, 0.15) is 5.60 Å². The summed E-state index contributed by atoms with van der Waals surface area (Å²) in [6.07, 6.45) is 1.93. The van der Waals surface area contributed by atoms with Gasteiger partial charge in [0.2, 0.25) is 0 Å². The molecule has 1 aromatic rings. The summed E-state index contributed by atoms with van der Waals surface area (Å²) in [6.45, 7) is 3.89. The van der Waals surface area contributed by atoms with Gasteiger partial charge in [0, 0.05) is 7.11 Å². The number of hydrogen-bond acceptors (Lipinski definition) is 4. The molecule has 22 heavy (non-hydrogen) atoms. The summed E-state index contributed by atoms with van der Waals surface area (Å²) in [5.41, 5.74) is -0.240. The first kappa shape index (κ1) is 18.2. The van der Waals surface area contributed by atoms with E-state index < -0.39 is 17.6 Å². The van der Waals surface area contributed by atoms with Crippen LogP contribution in [0.25, 0.3) is 0 Å². The second-order valence-corrected chi connectivity index (χ2v) is 5.14. The molecule has 0 bridgehead atoms. The number of amides is 1. The molecule has 0 aliphatic carbocycles. The summed E-state index contributed by atoms with van der Waals surface area (Å²) < 4.78 is 10.3. The smallest absolute Gasteiger partial charge is 0.333 e. The third kappa shape index (κ3) is 4.07. The molecule has 0 saturated carbocycles. The van der Waals surface area contributed by atoms with Crippen molar-refractivity contribution in [3.05, 3.63) is 35.9 Å². The highest BCUT2D eigenvalue weighted by Gasteiger charge is 2.38. The molecule has 0 radical (unpaired) electrons. The van der Waals surface area contributed by atoms with Crippen molar-refractivity contribution < 1.29 is 19.1 Å². The van der Waals surface area contributed by atoms with Crippen LogP contribution in [0.4, 0.5) is 0 Å². The monoisotopic (exact) mass is 307 g/mol. The number of esters is 1. The number of rotatable bonds is 8. The maximum absolute atomic E-state index is 12.7. The first-order chi connectivity index (χ1) is 10.5. The van der Waals surface area contributed by atoms with E-state index >= 15 is 0 Å². The Morgan fingerprint density at radius 2 is 1.82 bits per heavy atom. The third-order valence-corrected chi connectivity index (χ3v) is 3.87. The molecular weight excluding hydrogens is 282 g/mol. The lowest BCUT2D eigenvalue weighted by Gasteiger charge is -2.31. The van der Waals surface area contributed by atoms with E-state index in [1.54, 1.807) is 12.1 Å². The maximum atomic E-state index is 12.7. The van der Waals surface area contributed by atoms with Crippen molar-refractivity contribution >= 4 is 11.9 Å². The Morgan fingerprint density at radius 3 is 2.27 bits per heavy atom. The number of carbonyl (C=O) groups is 2. The van der Waals surface area contributed by atoms with Gasteiger partial charge in [0.05, 0.1) is 7.11 Å². The van der Waals surface area contributed by atoms with Crippen LogP contribution < -0.4 is 5.32 Å². The Balaban J connectivity index is 3.03. The van der Waals surface area contributed by atoms with E-state index in [1.807, 2.05) is 32.0 Å². The summed E-state index contributed by atoms with van der Waals surface area (Å²) in [6, 6.07) is 8.20. The standard InChI is InChI=1S/C17H25NO4/c1-5-12-17(6-2,22-4)16(20)18-14(15(19)21-3)13-10-8-7-9-11-13/h7-11,14H,5-6,12H2,1-4H3,(H,18,20)/t14-,17+/m1/s1. The number of carbonyl (C=O) groups excluding carboxylic acids is 2. The van der Waals surface area contributed by atoms with E-state index in [2.05, 4.69) is 5.32 Å². The van der Waals surface area contributed by atoms with Gasteiger partial charge in [-0.2, -0.15) is 0 Å². The molecule has 0 fully saturated rings. The van der Waals surface area contributed by atoms with Gasteiger partial charge in [-0.1, -0.05) is 50.6 Å². The van der Waals surface area contributed by atoms with E-state index in [9.17, 15) is 9.59 Å². The van der Waals surface area contributed by atoms with Gasteiger partial charge < -0.3 is 14.8 Å². The number of hydrogen-bond donors (Lipinski definition) is 1. The first-order valence-corrected chi connectivity index (χ1v) is 7.53. The molecule has 1 amide bonds. The minimum absolute atomic E-state index is 0.293. The Labute approximate surface area is 132 Å². The second-order valence-electron chi connectivity index (χ2n) is 5.14. The van der Waals surface area contributed by atoms with E-state index in [-0.39, 0.29) is 5.91 Å². The molecule has 1 aromatic carbocycles. The molecule has 122 valence electrons. The molecule has 5 heteroatoms. The zero-order chi connectivity index (χ0) is 16.6. The third-order valence-electron chi connectivity index (χ3n) is 3.87. The molecule has 2 atom stereocenters. The maximum Gasteiger partial charge on any atom is 0.333 e. The number of methoxy groups -OCH3 is 2. The van der Waals surface area contributed by atoms with E-state index in [1.165, 1.54) is 14.2 Å². The van der Waals surface area contributed by atoms with Gasteiger partial charge >= 0.3 is 5.97 Å². The molecule has 0 saturated heterocycles. The minimum atomic E-state index is -0.921. The summed E-state index contributed by atoms with van der Waals surface area (Å²) in [7, 11) is 2.83. The Bertz CT molecular complexity index is 483. The van der Waals surface area contributed by atoms with Gasteiger partial charge in [0.25, 0.3) is 5.91 Å². The lowest BCUT2D eigenvalue weighted by Crippen LogP contribution is -2.50. The molecule has 0 aliphatic rings. The van der Waals surface area contributed by atoms with Crippen molar-refractivity contribution in [2.24, 2.45) is 0 Å². The summed E-state index contributed by atoms with van der Waals surface area (Å²) in [4.78, 5) is 24.7. The van der Waals surface area contributed by atoms with E-state index in [0.29, 0.717) is 18.4 Å². The van der Waals surface area contributed by atoms with Crippen LogP contribution in [0.15, 0.2) is 30.3 Å². The van der Waals surface area contributed by atoms with Crippen molar-refractivity contribution in [1.82, 2.24) is 5.32 Å². The highest BCUT2D eigenvalue weighted by molar-refractivity contribution is 5.90. The lowest BCUT2D eigenvalue weighted by atomic mass is 9.92. The first-order valence-electron chi connectivity index (χ1n) is 7.53. The Hall–Kier alpha value is -1.88. The Kier molecular flexibility index (Phi) is 7.05. The molecule has 1 N–H and O–H groups in total. The average Bonchev–Trinajstić information content (AvgIpc) is 2.57. The minimum Gasteiger partial charge on any atom is -0.467 e. The largest absolute Gasteiger partial charge is 0.467 e. The number of ether oxygens (including phenoxy) is 2. The van der Waals surface area contributed by atoms with Crippen LogP contribution in [0.3, 0.4) is 0 Å². The number of benzene rings is 1. The van der Waals surface area contributed by atoms with Crippen molar-refractivity contribution in [3.63, 3.8) is 0 Å². The molecule has 5 nitrogen and oxygen atoms in total.